The Balaban J connectivity index is 1.81. The van der Waals surface area contributed by atoms with Gasteiger partial charge in [0.15, 0.2) is 0 Å². The Hall–Kier alpha value is -1.01. The molecule has 0 radical (unpaired) electrons. The van der Waals surface area contributed by atoms with Gasteiger partial charge in [0.25, 0.3) is 0 Å². The summed E-state index contributed by atoms with van der Waals surface area (Å²) < 4.78 is 0. The van der Waals surface area contributed by atoms with Crippen molar-refractivity contribution in [2.24, 2.45) is 5.73 Å². The Labute approximate surface area is 118 Å². The Bertz CT molecular complexity index is 387. The van der Waals surface area contributed by atoms with Crippen molar-refractivity contribution in [3.05, 3.63) is 18.2 Å². The zero-order valence-corrected chi connectivity index (χ0v) is 12.2. The minimum atomic E-state index is -0.356. The number of aromatic nitrogens is 2. The fourth-order valence-electron chi connectivity index (χ4n) is 2.42. The second kappa shape index (κ2) is 6.96. The third-order valence-electron chi connectivity index (χ3n) is 3.53. The Kier molecular flexibility index (Phi) is 5.27. The number of nitrogens with zero attached hydrogens (tertiary/aromatic N) is 2. The summed E-state index contributed by atoms with van der Waals surface area (Å²) in [5.74, 6) is 3.30. The van der Waals surface area contributed by atoms with Crippen LogP contribution in [0.5, 0.6) is 0 Å². The molecule has 1 aliphatic rings. The third-order valence-corrected chi connectivity index (χ3v) is 4.53. The quantitative estimate of drug-likeness (QED) is 0.851. The number of H-pyrrole nitrogens is 1. The summed E-state index contributed by atoms with van der Waals surface area (Å²) in [6.45, 7) is 3.65. The molecule has 1 aliphatic heterocycles. The van der Waals surface area contributed by atoms with Crippen LogP contribution in [0, 0.1) is 0 Å². The fourth-order valence-corrected chi connectivity index (χ4v) is 3.06. The van der Waals surface area contributed by atoms with E-state index < -0.39 is 0 Å². The molecule has 1 aromatic heterocycles. The van der Waals surface area contributed by atoms with E-state index in [4.69, 9.17) is 5.73 Å². The lowest BCUT2D eigenvalue weighted by Crippen LogP contribution is -2.48. The molecule has 1 aromatic rings. The summed E-state index contributed by atoms with van der Waals surface area (Å²) in [6, 6.07) is -0.356. The number of thioether (sulfide) groups is 1. The number of imidazole rings is 1. The van der Waals surface area contributed by atoms with Gasteiger partial charge in [-0.1, -0.05) is 6.92 Å². The molecule has 5 nitrogen and oxygen atoms in total. The number of amides is 1. The Morgan fingerprint density at radius 1 is 1.63 bits per heavy atom. The number of hydrogen-bond donors (Lipinski definition) is 2. The molecule has 106 valence electrons. The van der Waals surface area contributed by atoms with Gasteiger partial charge in [-0.05, 0) is 18.6 Å². The van der Waals surface area contributed by atoms with Crippen molar-refractivity contribution in [2.75, 3.05) is 24.6 Å². The monoisotopic (exact) mass is 282 g/mol. The standard InChI is InChI=1S/C13H22N4OS/c1-2-19-9-11(14)13(18)17-7-3-10(4-8-17)12-15-5-6-16-12/h5-6,10-11H,2-4,7-9,14H2,1H3,(H,15,16). The fraction of sp³-hybridized carbons (Fsp3) is 0.692. The van der Waals surface area contributed by atoms with Crippen LogP contribution in [0.4, 0.5) is 0 Å². The van der Waals surface area contributed by atoms with Crippen LogP contribution in [0.15, 0.2) is 12.4 Å². The molecule has 1 saturated heterocycles. The van der Waals surface area contributed by atoms with E-state index in [1.165, 1.54) is 0 Å². The number of carbonyl (C=O) groups is 1. The van der Waals surface area contributed by atoms with Crippen molar-refractivity contribution in [3.63, 3.8) is 0 Å². The number of rotatable bonds is 5. The van der Waals surface area contributed by atoms with E-state index in [1.54, 1.807) is 18.0 Å². The Morgan fingerprint density at radius 2 is 2.37 bits per heavy atom. The molecule has 0 saturated carbocycles. The molecular formula is C13H22N4OS. The van der Waals surface area contributed by atoms with E-state index in [0.29, 0.717) is 11.7 Å². The summed E-state index contributed by atoms with van der Waals surface area (Å²) in [5, 5.41) is 0. The van der Waals surface area contributed by atoms with Gasteiger partial charge >= 0.3 is 0 Å². The van der Waals surface area contributed by atoms with E-state index in [-0.39, 0.29) is 11.9 Å². The predicted octanol–water partition coefficient (Wildman–Crippen LogP) is 1.20. The second-order valence-electron chi connectivity index (χ2n) is 4.84. The Morgan fingerprint density at radius 3 is 2.95 bits per heavy atom. The van der Waals surface area contributed by atoms with E-state index in [0.717, 1.165) is 37.5 Å². The van der Waals surface area contributed by atoms with Crippen molar-refractivity contribution in [2.45, 2.75) is 31.7 Å². The first-order valence-electron chi connectivity index (χ1n) is 6.83. The molecule has 1 amide bonds. The molecule has 2 rings (SSSR count). The average Bonchev–Trinajstić information content (AvgIpc) is 2.98. The molecule has 3 N–H and O–H groups in total. The highest BCUT2D eigenvalue weighted by molar-refractivity contribution is 7.99. The molecule has 0 aromatic carbocycles. The average molecular weight is 282 g/mol. The van der Waals surface area contributed by atoms with E-state index >= 15 is 0 Å². The van der Waals surface area contributed by atoms with E-state index in [1.807, 2.05) is 11.1 Å². The molecule has 0 bridgehead atoms. The number of carbonyl (C=O) groups excluding carboxylic acids is 1. The molecule has 1 fully saturated rings. The topological polar surface area (TPSA) is 75.0 Å². The first-order valence-corrected chi connectivity index (χ1v) is 7.99. The summed E-state index contributed by atoms with van der Waals surface area (Å²) >= 11 is 1.72. The predicted molar refractivity (Wildman–Crippen MR) is 78.1 cm³/mol. The third kappa shape index (κ3) is 3.73. The number of piperidine rings is 1. The zero-order chi connectivity index (χ0) is 13.7. The summed E-state index contributed by atoms with van der Waals surface area (Å²) in [4.78, 5) is 21.5. The van der Waals surface area contributed by atoms with Crippen LogP contribution in [-0.4, -0.2) is 51.4 Å². The van der Waals surface area contributed by atoms with Crippen LogP contribution < -0.4 is 5.73 Å². The van der Waals surface area contributed by atoms with Crippen molar-refractivity contribution in [1.29, 1.82) is 0 Å². The number of likely N-dealkylation sites (tertiary alicyclic amines) is 1. The van der Waals surface area contributed by atoms with Gasteiger partial charge in [-0.25, -0.2) is 4.98 Å². The highest BCUT2D eigenvalue weighted by atomic mass is 32.2. The molecular weight excluding hydrogens is 260 g/mol. The van der Waals surface area contributed by atoms with E-state index in [2.05, 4.69) is 16.9 Å². The zero-order valence-electron chi connectivity index (χ0n) is 11.3. The number of nitrogens with one attached hydrogen (secondary N) is 1. The van der Waals surface area contributed by atoms with Crippen LogP contribution in [0.25, 0.3) is 0 Å². The van der Waals surface area contributed by atoms with Crippen LogP contribution in [0.3, 0.4) is 0 Å². The lowest BCUT2D eigenvalue weighted by Gasteiger charge is -2.32. The smallest absolute Gasteiger partial charge is 0.240 e. The first kappa shape index (κ1) is 14.4. The number of aromatic amines is 1. The van der Waals surface area contributed by atoms with Gasteiger partial charge in [0.1, 0.15) is 5.82 Å². The van der Waals surface area contributed by atoms with Crippen molar-refractivity contribution < 1.29 is 4.79 Å². The van der Waals surface area contributed by atoms with Gasteiger partial charge < -0.3 is 15.6 Å². The van der Waals surface area contributed by atoms with Gasteiger partial charge in [0.2, 0.25) is 5.91 Å². The maximum atomic E-state index is 12.2. The number of nitrogens with two attached hydrogens (primary N) is 1. The van der Waals surface area contributed by atoms with Crippen LogP contribution in [0.1, 0.15) is 31.5 Å². The van der Waals surface area contributed by atoms with Gasteiger partial charge in [0, 0.05) is 37.2 Å². The SMILES string of the molecule is CCSCC(N)C(=O)N1CCC(c2ncc[nH]2)CC1. The van der Waals surface area contributed by atoms with Crippen molar-refractivity contribution in [3.8, 4) is 0 Å². The van der Waals surface area contributed by atoms with E-state index in [9.17, 15) is 4.79 Å². The highest BCUT2D eigenvalue weighted by Gasteiger charge is 2.27. The second-order valence-corrected chi connectivity index (χ2v) is 6.16. The minimum absolute atomic E-state index is 0.0962. The lowest BCUT2D eigenvalue weighted by atomic mass is 9.96. The lowest BCUT2D eigenvalue weighted by molar-refractivity contribution is -0.133. The van der Waals surface area contributed by atoms with Crippen LogP contribution in [0.2, 0.25) is 0 Å². The number of hydrogen-bond acceptors (Lipinski definition) is 4. The summed E-state index contributed by atoms with van der Waals surface area (Å²) in [7, 11) is 0. The van der Waals surface area contributed by atoms with Crippen LogP contribution in [-0.2, 0) is 4.79 Å². The van der Waals surface area contributed by atoms with Gasteiger partial charge in [0.05, 0.1) is 6.04 Å². The summed E-state index contributed by atoms with van der Waals surface area (Å²) in [6.07, 6.45) is 5.56. The molecule has 1 atom stereocenters. The minimum Gasteiger partial charge on any atom is -0.348 e. The normalized spacial score (nSPS) is 18.5. The molecule has 6 heteroatoms. The van der Waals surface area contributed by atoms with Crippen LogP contribution >= 0.6 is 11.8 Å². The molecule has 0 spiro atoms. The van der Waals surface area contributed by atoms with Gasteiger partial charge in [-0.3, -0.25) is 4.79 Å². The first-order chi connectivity index (χ1) is 9.22. The maximum absolute atomic E-state index is 12.2. The molecule has 0 aliphatic carbocycles. The molecule has 1 unspecified atom stereocenters. The van der Waals surface area contributed by atoms with Gasteiger partial charge in [-0.15, -0.1) is 0 Å². The van der Waals surface area contributed by atoms with Crippen molar-refractivity contribution >= 4 is 17.7 Å². The maximum Gasteiger partial charge on any atom is 0.240 e. The van der Waals surface area contributed by atoms with Gasteiger partial charge in [-0.2, -0.15) is 11.8 Å². The molecule has 19 heavy (non-hydrogen) atoms. The molecule has 2 heterocycles. The van der Waals surface area contributed by atoms with Crippen molar-refractivity contribution in [1.82, 2.24) is 14.9 Å². The largest absolute Gasteiger partial charge is 0.348 e. The summed E-state index contributed by atoms with van der Waals surface area (Å²) in [5.41, 5.74) is 5.93. The highest BCUT2D eigenvalue weighted by Crippen LogP contribution is 2.25.